The lowest BCUT2D eigenvalue weighted by Gasteiger charge is -2.24. The van der Waals surface area contributed by atoms with E-state index in [0.29, 0.717) is 4.47 Å². The van der Waals surface area contributed by atoms with Crippen molar-refractivity contribution < 1.29 is 9.18 Å². The van der Waals surface area contributed by atoms with Gasteiger partial charge in [-0.1, -0.05) is 6.07 Å². The van der Waals surface area contributed by atoms with Crippen molar-refractivity contribution in [3.8, 4) is 0 Å². The number of amides is 1. The van der Waals surface area contributed by atoms with Crippen LogP contribution in [0.15, 0.2) is 22.7 Å². The highest BCUT2D eigenvalue weighted by atomic mass is 79.9. The minimum atomic E-state index is -0.484. The van der Waals surface area contributed by atoms with Gasteiger partial charge in [-0.15, -0.1) is 12.4 Å². The molecule has 1 atom stereocenters. The van der Waals surface area contributed by atoms with Crippen molar-refractivity contribution >= 4 is 34.2 Å². The van der Waals surface area contributed by atoms with Crippen LogP contribution in [0.2, 0.25) is 0 Å². The topological polar surface area (TPSA) is 32.3 Å². The number of hydrogen-bond donors (Lipinski definition) is 1. The number of rotatable bonds is 2. The van der Waals surface area contributed by atoms with Crippen molar-refractivity contribution in [2.24, 2.45) is 0 Å². The third-order valence-corrected chi connectivity index (χ3v) is 3.74. The average molecular weight is 338 g/mol. The monoisotopic (exact) mass is 336 g/mol. The number of carbonyl (C=O) groups is 1. The lowest BCUT2D eigenvalue weighted by molar-refractivity contribution is 0.0738. The van der Waals surface area contributed by atoms with Crippen LogP contribution >= 0.6 is 28.3 Å². The zero-order valence-electron chi connectivity index (χ0n) is 9.95. The van der Waals surface area contributed by atoms with Crippen LogP contribution in [0.5, 0.6) is 0 Å². The highest BCUT2D eigenvalue weighted by Gasteiger charge is 2.26. The van der Waals surface area contributed by atoms with Crippen LogP contribution in [0.4, 0.5) is 4.39 Å². The molecule has 6 heteroatoms. The van der Waals surface area contributed by atoms with Crippen LogP contribution in [0.1, 0.15) is 16.8 Å². The first-order valence-corrected chi connectivity index (χ1v) is 6.32. The Labute approximate surface area is 120 Å². The number of likely N-dealkylation sites (N-methyl/N-ethyl adjacent to an activating group) is 1. The Morgan fingerprint density at radius 3 is 2.83 bits per heavy atom. The molecule has 1 aromatic carbocycles. The van der Waals surface area contributed by atoms with E-state index in [1.54, 1.807) is 24.1 Å². The Bertz CT molecular complexity index is 418. The molecule has 1 heterocycles. The van der Waals surface area contributed by atoms with Crippen molar-refractivity contribution in [1.29, 1.82) is 0 Å². The predicted molar refractivity (Wildman–Crippen MR) is 74.7 cm³/mol. The summed E-state index contributed by atoms with van der Waals surface area (Å²) in [6.45, 7) is 1.68. The molecule has 1 N–H and O–H groups in total. The quantitative estimate of drug-likeness (QED) is 0.899. The van der Waals surface area contributed by atoms with Crippen molar-refractivity contribution in [1.82, 2.24) is 10.2 Å². The van der Waals surface area contributed by atoms with Gasteiger partial charge in [-0.25, -0.2) is 4.39 Å². The molecule has 1 aliphatic rings. The summed E-state index contributed by atoms with van der Waals surface area (Å²) >= 11 is 3.22. The Balaban J connectivity index is 0.00000162. The normalized spacial score (nSPS) is 18.3. The molecule has 18 heavy (non-hydrogen) atoms. The molecule has 2 rings (SSSR count). The lowest BCUT2D eigenvalue weighted by atomic mass is 10.1. The van der Waals surface area contributed by atoms with Gasteiger partial charge in [0.2, 0.25) is 0 Å². The van der Waals surface area contributed by atoms with Gasteiger partial charge in [0.25, 0.3) is 5.91 Å². The SMILES string of the molecule is CN(C(=O)c1c(F)cccc1Br)C1CCNC1.Cl. The zero-order chi connectivity index (χ0) is 12.4. The Hall–Kier alpha value is -0.650. The van der Waals surface area contributed by atoms with E-state index < -0.39 is 5.82 Å². The van der Waals surface area contributed by atoms with Crippen molar-refractivity contribution in [3.05, 3.63) is 34.1 Å². The van der Waals surface area contributed by atoms with Crippen LogP contribution in [0, 0.1) is 5.82 Å². The number of benzene rings is 1. The minimum absolute atomic E-state index is 0. The second-order valence-electron chi connectivity index (χ2n) is 4.16. The van der Waals surface area contributed by atoms with Gasteiger partial charge in [-0.3, -0.25) is 4.79 Å². The van der Waals surface area contributed by atoms with Gasteiger partial charge in [0.15, 0.2) is 0 Å². The third-order valence-electron chi connectivity index (χ3n) is 3.08. The molecule has 0 spiro atoms. The molecule has 1 amide bonds. The standard InChI is InChI=1S/C12H14BrFN2O.ClH/c1-16(8-5-6-15-7-8)12(17)11-9(13)3-2-4-10(11)14;/h2-4,8,15H,5-7H2,1H3;1H. The minimum Gasteiger partial charge on any atom is -0.337 e. The van der Waals surface area contributed by atoms with E-state index in [4.69, 9.17) is 0 Å². The molecule has 0 bridgehead atoms. The first kappa shape index (κ1) is 15.4. The molecular formula is C12H15BrClFN2O. The Kier molecular flexibility index (Phi) is 5.56. The zero-order valence-corrected chi connectivity index (χ0v) is 12.4. The van der Waals surface area contributed by atoms with E-state index >= 15 is 0 Å². The lowest BCUT2D eigenvalue weighted by Crippen LogP contribution is -2.38. The number of nitrogens with zero attached hydrogens (tertiary/aromatic N) is 1. The van der Waals surface area contributed by atoms with E-state index in [1.165, 1.54) is 6.07 Å². The molecule has 0 radical (unpaired) electrons. The van der Waals surface area contributed by atoms with E-state index in [9.17, 15) is 9.18 Å². The van der Waals surface area contributed by atoms with Crippen LogP contribution in [0.3, 0.4) is 0 Å². The van der Waals surface area contributed by atoms with Crippen molar-refractivity contribution in [2.75, 3.05) is 20.1 Å². The maximum absolute atomic E-state index is 13.7. The average Bonchev–Trinajstić information content (AvgIpc) is 2.81. The van der Waals surface area contributed by atoms with Crippen LogP contribution < -0.4 is 5.32 Å². The van der Waals surface area contributed by atoms with Gasteiger partial charge in [0, 0.05) is 24.1 Å². The fourth-order valence-electron chi connectivity index (χ4n) is 2.01. The second kappa shape index (κ2) is 6.50. The van der Waals surface area contributed by atoms with Gasteiger partial charge in [-0.2, -0.15) is 0 Å². The summed E-state index contributed by atoms with van der Waals surface area (Å²) < 4.78 is 14.2. The van der Waals surface area contributed by atoms with Crippen LogP contribution in [-0.4, -0.2) is 37.0 Å². The molecule has 0 saturated carbocycles. The molecule has 1 unspecified atom stereocenters. The summed E-state index contributed by atoms with van der Waals surface area (Å²) in [4.78, 5) is 13.8. The summed E-state index contributed by atoms with van der Waals surface area (Å²) in [7, 11) is 1.72. The molecule has 1 fully saturated rings. The maximum Gasteiger partial charge on any atom is 0.258 e. The molecule has 0 aliphatic carbocycles. The molecule has 100 valence electrons. The molecule has 3 nitrogen and oxygen atoms in total. The summed E-state index contributed by atoms with van der Waals surface area (Å²) in [5.74, 6) is -0.758. The number of nitrogens with one attached hydrogen (secondary N) is 1. The van der Waals surface area contributed by atoms with Crippen LogP contribution in [-0.2, 0) is 0 Å². The highest BCUT2D eigenvalue weighted by Crippen LogP contribution is 2.22. The first-order chi connectivity index (χ1) is 8.11. The van der Waals surface area contributed by atoms with E-state index in [-0.39, 0.29) is 29.9 Å². The van der Waals surface area contributed by atoms with Gasteiger partial charge < -0.3 is 10.2 Å². The summed E-state index contributed by atoms with van der Waals surface area (Å²) in [6.07, 6.45) is 0.911. The van der Waals surface area contributed by atoms with Crippen molar-refractivity contribution in [2.45, 2.75) is 12.5 Å². The van der Waals surface area contributed by atoms with E-state index in [0.717, 1.165) is 19.5 Å². The van der Waals surface area contributed by atoms with Gasteiger partial charge >= 0.3 is 0 Å². The summed E-state index contributed by atoms with van der Waals surface area (Å²) in [5.41, 5.74) is 0.113. The molecule has 1 saturated heterocycles. The Morgan fingerprint density at radius 2 is 2.28 bits per heavy atom. The molecule has 1 aliphatic heterocycles. The molecular weight excluding hydrogens is 322 g/mol. The number of halogens is 3. The third kappa shape index (κ3) is 3.02. The van der Waals surface area contributed by atoms with Gasteiger partial charge in [-0.05, 0) is 41.0 Å². The van der Waals surface area contributed by atoms with Gasteiger partial charge in [0.05, 0.1) is 5.56 Å². The number of carbonyl (C=O) groups excluding carboxylic acids is 1. The Morgan fingerprint density at radius 1 is 1.56 bits per heavy atom. The van der Waals surface area contributed by atoms with Crippen molar-refractivity contribution in [3.63, 3.8) is 0 Å². The highest BCUT2D eigenvalue weighted by molar-refractivity contribution is 9.10. The molecule has 1 aromatic rings. The van der Waals surface area contributed by atoms with Crippen LogP contribution in [0.25, 0.3) is 0 Å². The van der Waals surface area contributed by atoms with E-state index in [1.807, 2.05) is 0 Å². The second-order valence-corrected chi connectivity index (χ2v) is 5.01. The van der Waals surface area contributed by atoms with Gasteiger partial charge in [0.1, 0.15) is 5.82 Å². The molecule has 0 aromatic heterocycles. The summed E-state index contributed by atoms with van der Waals surface area (Å²) in [5, 5.41) is 3.19. The number of hydrogen-bond acceptors (Lipinski definition) is 2. The fraction of sp³-hybridized carbons (Fsp3) is 0.417. The first-order valence-electron chi connectivity index (χ1n) is 5.53. The largest absolute Gasteiger partial charge is 0.337 e. The van der Waals surface area contributed by atoms with E-state index in [2.05, 4.69) is 21.2 Å². The predicted octanol–water partition coefficient (Wildman–Crippen LogP) is 2.44. The maximum atomic E-state index is 13.7. The smallest absolute Gasteiger partial charge is 0.258 e. The fourth-order valence-corrected chi connectivity index (χ4v) is 2.53. The summed E-state index contributed by atoms with van der Waals surface area (Å²) in [6, 6.07) is 4.71.